The number of carboxylic acid groups (broad SMARTS) is 1. The Hall–Kier alpha value is -2.66. The molecule has 21 heavy (non-hydrogen) atoms. The molecule has 0 saturated heterocycles. The molecule has 1 atom stereocenters. The molecule has 0 radical (unpaired) electrons. The number of nitrogens with two attached hydrogens (primary N) is 1. The number of benzene rings is 2. The second-order valence-electron chi connectivity index (χ2n) is 4.45. The molecule has 0 spiro atoms. The van der Waals surface area contributed by atoms with Gasteiger partial charge in [-0.3, -0.25) is 9.69 Å². The summed E-state index contributed by atoms with van der Waals surface area (Å²) in [7, 11) is 0. The van der Waals surface area contributed by atoms with Crippen molar-refractivity contribution in [2.75, 3.05) is 11.4 Å². The molecule has 0 aliphatic rings. The highest BCUT2D eigenvalue weighted by atomic mass is 16.4. The lowest BCUT2D eigenvalue weighted by molar-refractivity contribution is -0.140. The Morgan fingerprint density at radius 1 is 1.00 bits per heavy atom. The van der Waals surface area contributed by atoms with E-state index in [1.807, 2.05) is 0 Å². The average molecular weight is 284 g/mol. The summed E-state index contributed by atoms with van der Waals surface area (Å²) in [4.78, 5) is 25.1. The molecule has 0 aliphatic carbocycles. The molecule has 0 unspecified atom stereocenters. The van der Waals surface area contributed by atoms with Crippen LogP contribution in [0.25, 0.3) is 0 Å². The van der Waals surface area contributed by atoms with Gasteiger partial charge in [-0.1, -0.05) is 48.5 Å². The van der Waals surface area contributed by atoms with Crippen LogP contribution in [0.3, 0.4) is 0 Å². The van der Waals surface area contributed by atoms with Gasteiger partial charge in [0.05, 0.1) is 6.54 Å². The van der Waals surface area contributed by atoms with Crippen LogP contribution in [0.5, 0.6) is 0 Å². The number of amides is 1. The van der Waals surface area contributed by atoms with E-state index in [0.717, 1.165) is 0 Å². The number of carbonyl (C=O) groups is 2. The minimum atomic E-state index is -1.11. The number of anilines is 1. The van der Waals surface area contributed by atoms with Gasteiger partial charge in [-0.2, -0.15) is 0 Å². The zero-order valence-electron chi connectivity index (χ0n) is 11.3. The van der Waals surface area contributed by atoms with Crippen molar-refractivity contribution in [3.05, 3.63) is 66.2 Å². The van der Waals surface area contributed by atoms with Crippen LogP contribution in [0.1, 0.15) is 11.6 Å². The molecule has 0 heterocycles. The molecule has 5 heteroatoms. The maximum atomic E-state index is 12.2. The van der Waals surface area contributed by atoms with Crippen molar-refractivity contribution in [3.8, 4) is 0 Å². The van der Waals surface area contributed by atoms with E-state index in [2.05, 4.69) is 0 Å². The summed E-state index contributed by atoms with van der Waals surface area (Å²) in [5, 5.41) is 9.57. The molecule has 2 rings (SSSR count). The van der Waals surface area contributed by atoms with Gasteiger partial charge in [0.2, 0.25) is 5.91 Å². The van der Waals surface area contributed by atoms with Crippen LogP contribution in [-0.4, -0.2) is 23.5 Å². The lowest BCUT2D eigenvalue weighted by Crippen LogP contribution is -2.42. The van der Waals surface area contributed by atoms with Gasteiger partial charge in [0, 0.05) is 5.69 Å². The number of nitrogens with zero attached hydrogens (tertiary/aromatic N) is 1. The largest absolute Gasteiger partial charge is 0.479 e. The second-order valence-corrected chi connectivity index (χ2v) is 4.45. The first kappa shape index (κ1) is 14.7. The monoisotopic (exact) mass is 284 g/mol. The van der Waals surface area contributed by atoms with E-state index >= 15 is 0 Å². The molecule has 0 saturated carbocycles. The number of para-hydroxylation sites is 1. The van der Waals surface area contributed by atoms with Gasteiger partial charge < -0.3 is 10.8 Å². The highest BCUT2D eigenvalue weighted by Gasteiger charge is 2.31. The minimum absolute atomic E-state index is 0.258. The third-order valence-electron chi connectivity index (χ3n) is 3.09. The fourth-order valence-electron chi connectivity index (χ4n) is 2.16. The Bertz CT molecular complexity index is 614. The number of hydrogen-bond acceptors (Lipinski definition) is 3. The Labute approximate surface area is 122 Å². The van der Waals surface area contributed by atoms with Gasteiger partial charge in [-0.25, -0.2) is 4.79 Å². The van der Waals surface area contributed by atoms with E-state index in [0.29, 0.717) is 11.3 Å². The van der Waals surface area contributed by atoms with Crippen LogP contribution in [0, 0.1) is 0 Å². The summed E-state index contributed by atoms with van der Waals surface area (Å²) in [6.07, 6.45) is 0. The summed E-state index contributed by atoms with van der Waals surface area (Å²) >= 11 is 0. The standard InChI is InChI=1S/C16H16N2O3/c17-11-14(19)18(13-9-5-2-6-10-13)15(16(20)21)12-7-3-1-4-8-12/h1-10,15H,11,17H2,(H,20,21)/t15-/m0/s1. The zero-order valence-corrected chi connectivity index (χ0v) is 11.3. The van der Waals surface area contributed by atoms with Gasteiger partial charge >= 0.3 is 5.97 Å². The van der Waals surface area contributed by atoms with E-state index in [4.69, 9.17) is 5.73 Å². The normalized spacial score (nSPS) is 11.7. The number of rotatable bonds is 5. The average Bonchev–Trinajstić information content (AvgIpc) is 2.53. The van der Waals surface area contributed by atoms with E-state index in [1.165, 1.54) is 4.90 Å². The molecule has 0 bridgehead atoms. The molecular weight excluding hydrogens is 268 g/mol. The van der Waals surface area contributed by atoms with E-state index < -0.39 is 17.9 Å². The molecule has 108 valence electrons. The molecule has 3 N–H and O–H groups in total. The second kappa shape index (κ2) is 6.67. The van der Waals surface area contributed by atoms with Crippen molar-refractivity contribution in [1.82, 2.24) is 0 Å². The SMILES string of the molecule is NCC(=O)N(c1ccccc1)[C@H](C(=O)O)c1ccccc1. The maximum Gasteiger partial charge on any atom is 0.331 e. The Balaban J connectivity index is 2.52. The zero-order chi connectivity index (χ0) is 15.2. The Morgan fingerprint density at radius 3 is 2.00 bits per heavy atom. The summed E-state index contributed by atoms with van der Waals surface area (Å²) in [5.74, 6) is -1.55. The minimum Gasteiger partial charge on any atom is -0.479 e. The van der Waals surface area contributed by atoms with Crippen LogP contribution in [0.2, 0.25) is 0 Å². The molecule has 1 amide bonds. The van der Waals surface area contributed by atoms with Crippen LogP contribution in [0.4, 0.5) is 5.69 Å². The quantitative estimate of drug-likeness (QED) is 0.877. The first-order valence-electron chi connectivity index (χ1n) is 6.50. The molecule has 0 aromatic heterocycles. The van der Waals surface area contributed by atoms with Gasteiger partial charge in [-0.15, -0.1) is 0 Å². The first-order chi connectivity index (χ1) is 10.1. The third-order valence-corrected chi connectivity index (χ3v) is 3.09. The summed E-state index contributed by atoms with van der Waals surface area (Å²) in [6, 6.07) is 16.2. The Kier molecular flexibility index (Phi) is 4.68. The Morgan fingerprint density at radius 2 is 1.52 bits per heavy atom. The predicted octanol–water partition coefficient (Wildman–Crippen LogP) is 1.80. The summed E-state index contributed by atoms with van der Waals surface area (Å²) in [5.41, 5.74) is 6.47. The van der Waals surface area contributed by atoms with E-state index in [9.17, 15) is 14.7 Å². The van der Waals surface area contributed by atoms with Crippen molar-refractivity contribution in [2.24, 2.45) is 5.73 Å². The fourth-order valence-corrected chi connectivity index (χ4v) is 2.16. The molecule has 0 aliphatic heterocycles. The third kappa shape index (κ3) is 3.27. The van der Waals surface area contributed by atoms with Crippen molar-refractivity contribution in [2.45, 2.75) is 6.04 Å². The molecule has 5 nitrogen and oxygen atoms in total. The van der Waals surface area contributed by atoms with Crippen molar-refractivity contribution >= 4 is 17.6 Å². The lowest BCUT2D eigenvalue weighted by atomic mass is 10.0. The maximum absolute atomic E-state index is 12.2. The topological polar surface area (TPSA) is 83.6 Å². The fraction of sp³-hybridized carbons (Fsp3) is 0.125. The summed E-state index contributed by atoms with van der Waals surface area (Å²) in [6.45, 7) is -0.258. The van der Waals surface area contributed by atoms with Crippen LogP contribution in [-0.2, 0) is 9.59 Å². The van der Waals surface area contributed by atoms with Gasteiger partial charge in [-0.05, 0) is 17.7 Å². The highest BCUT2D eigenvalue weighted by Crippen LogP contribution is 2.27. The number of carbonyl (C=O) groups excluding carboxylic acids is 1. The summed E-state index contributed by atoms with van der Waals surface area (Å²) < 4.78 is 0. The van der Waals surface area contributed by atoms with Crippen LogP contribution in [0.15, 0.2) is 60.7 Å². The smallest absolute Gasteiger partial charge is 0.331 e. The van der Waals surface area contributed by atoms with Gasteiger partial charge in [0.15, 0.2) is 6.04 Å². The van der Waals surface area contributed by atoms with Crippen molar-refractivity contribution < 1.29 is 14.7 Å². The lowest BCUT2D eigenvalue weighted by Gasteiger charge is -2.29. The van der Waals surface area contributed by atoms with E-state index in [1.54, 1.807) is 60.7 Å². The molecule has 0 fully saturated rings. The first-order valence-corrected chi connectivity index (χ1v) is 6.50. The highest BCUT2D eigenvalue weighted by molar-refractivity contribution is 6.00. The number of carboxylic acids is 1. The van der Waals surface area contributed by atoms with Crippen molar-refractivity contribution in [3.63, 3.8) is 0 Å². The predicted molar refractivity (Wildman–Crippen MR) is 79.8 cm³/mol. The number of hydrogen-bond donors (Lipinski definition) is 2. The molecular formula is C16H16N2O3. The van der Waals surface area contributed by atoms with Gasteiger partial charge in [0.25, 0.3) is 0 Å². The number of aliphatic carboxylic acids is 1. The van der Waals surface area contributed by atoms with Gasteiger partial charge in [0.1, 0.15) is 0 Å². The molecule has 2 aromatic rings. The molecule has 2 aromatic carbocycles. The van der Waals surface area contributed by atoms with Crippen molar-refractivity contribution in [1.29, 1.82) is 0 Å². The van der Waals surface area contributed by atoms with Crippen LogP contribution < -0.4 is 10.6 Å². The van der Waals surface area contributed by atoms with E-state index in [-0.39, 0.29) is 6.54 Å². The van der Waals surface area contributed by atoms with Crippen LogP contribution >= 0.6 is 0 Å².